The molecule has 1 aliphatic rings. The summed E-state index contributed by atoms with van der Waals surface area (Å²) >= 11 is 1.63. The Bertz CT molecular complexity index is 643. The predicted octanol–water partition coefficient (Wildman–Crippen LogP) is 5.66. The lowest BCUT2D eigenvalue weighted by Crippen LogP contribution is -2.33. The number of carbonyl (C=O) groups is 1. The van der Waals surface area contributed by atoms with Crippen molar-refractivity contribution in [3.8, 4) is 0 Å². The van der Waals surface area contributed by atoms with E-state index in [0.29, 0.717) is 6.54 Å². The molecule has 0 bridgehead atoms. The molecule has 0 fully saturated rings. The van der Waals surface area contributed by atoms with Gasteiger partial charge in [0.05, 0.1) is 5.92 Å². The lowest BCUT2D eigenvalue weighted by molar-refractivity contribution is -0.123. The highest BCUT2D eigenvalue weighted by Gasteiger charge is 2.22. The van der Waals surface area contributed by atoms with Gasteiger partial charge in [0, 0.05) is 16.3 Å². The van der Waals surface area contributed by atoms with E-state index >= 15 is 0 Å². The van der Waals surface area contributed by atoms with Gasteiger partial charge in [0.2, 0.25) is 5.91 Å². The third-order valence-corrected chi connectivity index (χ3v) is 5.12. The summed E-state index contributed by atoms with van der Waals surface area (Å²) in [5.41, 5.74) is 3.59. The molecule has 0 radical (unpaired) electrons. The van der Waals surface area contributed by atoms with Crippen molar-refractivity contribution in [3.05, 3.63) is 64.6 Å². The van der Waals surface area contributed by atoms with E-state index in [1.165, 1.54) is 16.0 Å². The first-order valence-electron chi connectivity index (χ1n) is 8.52. The quantitative estimate of drug-likeness (QED) is 0.699. The van der Waals surface area contributed by atoms with E-state index < -0.39 is 0 Å². The minimum Gasteiger partial charge on any atom is -0.351 e. The van der Waals surface area contributed by atoms with Crippen LogP contribution in [0.5, 0.6) is 0 Å². The third kappa shape index (κ3) is 5.72. The Morgan fingerprint density at radius 1 is 1.25 bits per heavy atom. The van der Waals surface area contributed by atoms with Crippen molar-refractivity contribution >= 4 is 17.7 Å². The molecule has 1 aromatic carbocycles. The Labute approximate surface area is 151 Å². The lowest BCUT2D eigenvalue weighted by atomic mass is 9.88. The topological polar surface area (TPSA) is 29.1 Å². The molecule has 0 saturated carbocycles. The SMILES string of the molecule is C=C(CNC(=O)C1CC=CC(C)=C1C)Sc1ccccc1C.CC. The Morgan fingerprint density at radius 2 is 1.92 bits per heavy atom. The molecule has 0 aromatic heterocycles. The summed E-state index contributed by atoms with van der Waals surface area (Å²) in [4.78, 5) is 14.5. The van der Waals surface area contributed by atoms with Crippen LogP contribution < -0.4 is 5.32 Å². The molecule has 24 heavy (non-hydrogen) atoms. The van der Waals surface area contributed by atoms with E-state index in [0.717, 1.165) is 16.9 Å². The average Bonchev–Trinajstić information content (AvgIpc) is 2.59. The highest BCUT2D eigenvalue weighted by Crippen LogP contribution is 2.28. The molecular formula is C21H29NOS. The van der Waals surface area contributed by atoms with Gasteiger partial charge in [0.15, 0.2) is 0 Å². The fourth-order valence-corrected chi connectivity index (χ4v) is 3.27. The van der Waals surface area contributed by atoms with Gasteiger partial charge in [-0.2, -0.15) is 0 Å². The smallest absolute Gasteiger partial charge is 0.227 e. The van der Waals surface area contributed by atoms with Gasteiger partial charge < -0.3 is 5.32 Å². The summed E-state index contributed by atoms with van der Waals surface area (Å²) in [5.74, 6) is 0.0500. The first-order chi connectivity index (χ1) is 11.5. The van der Waals surface area contributed by atoms with Gasteiger partial charge in [-0.25, -0.2) is 0 Å². The standard InChI is InChI=1S/C19H23NOS.C2H6/c1-13-9-7-10-17(16(13)4)19(21)20-12-15(3)22-18-11-6-5-8-14(18)2;1-2/h5-9,11,17H,3,10,12H2,1-2,4H3,(H,20,21);1-2H3. The number of rotatable bonds is 5. The minimum absolute atomic E-state index is 0.0405. The average molecular weight is 344 g/mol. The molecule has 0 aliphatic heterocycles. The number of aryl methyl sites for hydroxylation is 1. The number of thioether (sulfide) groups is 1. The summed E-state index contributed by atoms with van der Waals surface area (Å²) < 4.78 is 0. The maximum Gasteiger partial charge on any atom is 0.227 e. The van der Waals surface area contributed by atoms with Gasteiger partial charge in [0.1, 0.15) is 0 Å². The summed E-state index contributed by atoms with van der Waals surface area (Å²) in [5, 5.41) is 3.02. The summed E-state index contributed by atoms with van der Waals surface area (Å²) in [6, 6.07) is 8.21. The van der Waals surface area contributed by atoms with E-state index in [1.807, 2.05) is 32.9 Å². The van der Waals surface area contributed by atoms with Gasteiger partial charge in [-0.05, 0) is 38.8 Å². The molecule has 0 saturated heterocycles. The lowest BCUT2D eigenvalue weighted by Gasteiger charge is -2.21. The van der Waals surface area contributed by atoms with E-state index in [4.69, 9.17) is 0 Å². The van der Waals surface area contributed by atoms with Crippen molar-refractivity contribution in [2.75, 3.05) is 6.54 Å². The van der Waals surface area contributed by atoms with Crippen LogP contribution in [0.2, 0.25) is 0 Å². The normalized spacial score (nSPS) is 16.3. The van der Waals surface area contributed by atoms with Crippen LogP contribution in [0.4, 0.5) is 0 Å². The minimum atomic E-state index is -0.0405. The fourth-order valence-electron chi connectivity index (χ4n) is 2.44. The first-order valence-corrected chi connectivity index (χ1v) is 9.33. The molecule has 2 rings (SSSR count). The van der Waals surface area contributed by atoms with Gasteiger partial charge >= 0.3 is 0 Å². The zero-order valence-electron chi connectivity index (χ0n) is 15.5. The van der Waals surface area contributed by atoms with E-state index in [1.54, 1.807) is 11.8 Å². The second-order valence-electron chi connectivity index (χ2n) is 5.68. The van der Waals surface area contributed by atoms with Gasteiger partial charge in [0.25, 0.3) is 0 Å². The zero-order valence-corrected chi connectivity index (χ0v) is 16.3. The Morgan fingerprint density at radius 3 is 2.58 bits per heavy atom. The number of allylic oxidation sites excluding steroid dienone is 3. The van der Waals surface area contributed by atoms with Crippen LogP contribution in [0.25, 0.3) is 0 Å². The van der Waals surface area contributed by atoms with Crippen LogP contribution in [-0.4, -0.2) is 12.5 Å². The zero-order chi connectivity index (χ0) is 18.1. The second kappa shape index (κ2) is 10.2. The van der Waals surface area contributed by atoms with E-state index in [2.05, 4.69) is 50.0 Å². The highest BCUT2D eigenvalue weighted by atomic mass is 32.2. The largest absolute Gasteiger partial charge is 0.351 e. The number of nitrogens with one attached hydrogen (secondary N) is 1. The van der Waals surface area contributed by atoms with Crippen molar-refractivity contribution in [2.24, 2.45) is 5.92 Å². The van der Waals surface area contributed by atoms with Crippen LogP contribution in [-0.2, 0) is 4.79 Å². The Kier molecular flexibility index (Phi) is 8.62. The molecule has 0 spiro atoms. The molecule has 1 amide bonds. The molecule has 1 aliphatic carbocycles. The summed E-state index contributed by atoms with van der Waals surface area (Å²) in [7, 11) is 0. The molecule has 1 aromatic rings. The fraction of sp³-hybridized carbons (Fsp3) is 0.381. The van der Waals surface area contributed by atoms with E-state index in [9.17, 15) is 4.79 Å². The van der Waals surface area contributed by atoms with Crippen molar-refractivity contribution in [1.82, 2.24) is 5.32 Å². The number of hydrogen-bond acceptors (Lipinski definition) is 2. The number of carbonyl (C=O) groups excluding carboxylic acids is 1. The molecule has 1 atom stereocenters. The van der Waals surface area contributed by atoms with Crippen molar-refractivity contribution in [2.45, 2.75) is 45.9 Å². The second-order valence-corrected chi connectivity index (χ2v) is 6.90. The number of benzene rings is 1. The maximum absolute atomic E-state index is 12.3. The molecule has 1 unspecified atom stereocenters. The monoisotopic (exact) mass is 343 g/mol. The van der Waals surface area contributed by atoms with Crippen molar-refractivity contribution in [3.63, 3.8) is 0 Å². The molecule has 0 heterocycles. The van der Waals surface area contributed by atoms with Crippen LogP contribution in [0.3, 0.4) is 0 Å². The summed E-state index contributed by atoms with van der Waals surface area (Å²) in [6.07, 6.45) is 4.95. The van der Waals surface area contributed by atoms with Crippen LogP contribution >= 0.6 is 11.8 Å². The van der Waals surface area contributed by atoms with Gasteiger partial charge in [-0.3, -0.25) is 4.79 Å². The number of hydrogen-bond donors (Lipinski definition) is 1. The van der Waals surface area contributed by atoms with Crippen LogP contribution in [0.15, 0.2) is 63.9 Å². The predicted molar refractivity (Wildman–Crippen MR) is 106 cm³/mol. The van der Waals surface area contributed by atoms with Crippen LogP contribution in [0, 0.1) is 12.8 Å². The highest BCUT2D eigenvalue weighted by molar-refractivity contribution is 8.03. The molecule has 1 N–H and O–H groups in total. The van der Waals surface area contributed by atoms with Crippen molar-refractivity contribution < 1.29 is 4.79 Å². The van der Waals surface area contributed by atoms with E-state index in [-0.39, 0.29) is 11.8 Å². The van der Waals surface area contributed by atoms with Crippen LogP contribution in [0.1, 0.15) is 39.7 Å². The van der Waals surface area contributed by atoms with Gasteiger partial charge in [-0.1, -0.05) is 73.7 Å². The Balaban J connectivity index is 0.00000139. The molecule has 130 valence electrons. The number of amides is 1. The maximum atomic E-state index is 12.3. The first kappa shape index (κ1) is 20.3. The Hall–Kier alpha value is -1.74. The van der Waals surface area contributed by atoms with Crippen molar-refractivity contribution in [1.29, 1.82) is 0 Å². The third-order valence-electron chi connectivity index (χ3n) is 4.01. The molecular weight excluding hydrogens is 314 g/mol. The molecule has 2 nitrogen and oxygen atoms in total. The molecule has 3 heteroatoms. The van der Waals surface area contributed by atoms with Gasteiger partial charge in [-0.15, -0.1) is 0 Å². The summed E-state index contributed by atoms with van der Waals surface area (Å²) in [6.45, 7) is 14.7.